The molecule has 1 aliphatic rings. The second-order valence-corrected chi connectivity index (χ2v) is 9.58. The molecule has 0 atom stereocenters. The van der Waals surface area contributed by atoms with Crippen molar-refractivity contribution >= 4 is 33.9 Å². The summed E-state index contributed by atoms with van der Waals surface area (Å²) < 4.78 is 57.6. The van der Waals surface area contributed by atoms with Crippen molar-refractivity contribution in [1.82, 2.24) is 19.7 Å². The highest BCUT2D eigenvalue weighted by Crippen LogP contribution is 2.43. The van der Waals surface area contributed by atoms with Crippen LogP contribution in [0.3, 0.4) is 0 Å². The summed E-state index contributed by atoms with van der Waals surface area (Å²) in [5.74, 6) is -2.48. The number of alkyl halides is 3. The number of nitrogens with one attached hydrogen (secondary N) is 2. The summed E-state index contributed by atoms with van der Waals surface area (Å²) in [6, 6.07) is 19.4. The van der Waals surface area contributed by atoms with Gasteiger partial charge < -0.3 is 4.98 Å². The molecule has 0 bridgehead atoms. The Hall–Kier alpha value is -5.19. The van der Waals surface area contributed by atoms with Crippen LogP contribution in [0.2, 0.25) is 0 Å². The number of carbonyl (C=O) groups excluding carboxylic acids is 2. The van der Waals surface area contributed by atoms with Gasteiger partial charge >= 0.3 is 6.18 Å². The molecule has 0 aliphatic carbocycles. The molecule has 5 aromatic rings. The number of para-hydroxylation sites is 2. The van der Waals surface area contributed by atoms with E-state index in [1.54, 1.807) is 49.4 Å². The Balaban J connectivity index is 1.65. The van der Waals surface area contributed by atoms with E-state index in [-0.39, 0.29) is 23.4 Å². The van der Waals surface area contributed by atoms with Gasteiger partial charge in [0.05, 0.1) is 28.9 Å². The first-order chi connectivity index (χ1) is 19.6. The number of amides is 2. The fourth-order valence-corrected chi connectivity index (χ4v) is 5.19. The number of fused-ring (bicyclic) bond motifs is 1. The third-order valence-electron chi connectivity index (χ3n) is 7.00. The monoisotopic (exact) mass is 560 g/mol. The zero-order valence-electron chi connectivity index (χ0n) is 21.3. The molecule has 6 rings (SSSR count). The van der Waals surface area contributed by atoms with Crippen molar-refractivity contribution < 1.29 is 27.2 Å². The zero-order valence-corrected chi connectivity index (χ0v) is 21.3. The number of aromatic amines is 2. The van der Waals surface area contributed by atoms with E-state index in [0.717, 1.165) is 17.0 Å². The molecule has 0 saturated carbocycles. The average Bonchev–Trinajstić information content (AvgIpc) is 3.54. The summed E-state index contributed by atoms with van der Waals surface area (Å²) in [6.07, 6.45) is -5.07. The first-order valence-corrected chi connectivity index (χ1v) is 12.5. The normalized spacial score (nSPS) is 14.1. The Morgan fingerprint density at radius 1 is 0.780 bits per heavy atom. The van der Waals surface area contributed by atoms with Crippen molar-refractivity contribution in [2.24, 2.45) is 0 Å². The first-order valence-electron chi connectivity index (χ1n) is 12.5. The van der Waals surface area contributed by atoms with Gasteiger partial charge in [-0.25, -0.2) is 9.07 Å². The van der Waals surface area contributed by atoms with E-state index in [1.807, 2.05) is 0 Å². The van der Waals surface area contributed by atoms with E-state index in [9.17, 15) is 31.9 Å². The van der Waals surface area contributed by atoms with Crippen molar-refractivity contribution in [1.29, 1.82) is 0 Å². The molecule has 0 radical (unpaired) electrons. The summed E-state index contributed by atoms with van der Waals surface area (Å²) in [6.45, 7) is 1.29. The van der Waals surface area contributed by atoms with Crippen molar-refractivity contribution in [2.75, 3.05) is 0 Å². The number of aromatic nitrogens is 3. The van der Waals surface area contributed by atoms with Gasteiger partial charge in [-0.3, -0.25) is 24.4 Å². The van der Waals surface area contributed by atoms with Crippen molar-refractivity contribution in [3.05, 3.63) is 123 Å². The lowest BCUT2D eigenvalue weighted by Crippen LogP contribution is -2.31. The fourth-order valence-electron chi connectivity index (χ4n) is 5.19. The van der Waals surface area contributed by atoms with Crippen molar-refractivity contribution in [3.8, 4) is 5.69 Å². The number of benzene rings is 3. The fraction of sp³-hybridized carbons (Fsp3) is 0.100. The molecule has 206 valence electrons. The number of nitrogens with zero attached hydrogens (tertiary/aromatic N) is 2. The minimum Gasteiger partial charge on any atom is -0.358 e. The molecule has 7 nitrogen and oxygen atoms in total. The van der Waals surface area contributed by atoms with Crippen LogP contribution in [0.5, 0.6) is 0 Å². The highest BCUT2D eigenvalue weighted by Gasteiger charge is 2.47. The average molecular weight is 561 g/mol. The summed E-state index contributed by atoms with van der Waals surface area (Å²) in [5.41, 5.74) is -2.82. The van der Waals surface area contributed by atoms with E-state index < -0.39 is 46.2 Å². The van der Waals surface area contributed by atoms with Gasteiger partial charge in [-0.05, 0) is 42.8 Å². The van der Waals surface area contributed by atoms with Crippen LogP contribution in [-0.2, 0) is 22.3 Å². The lowest BCUT2D eigenvalue weighted by Gasteiger charge is -2.15. The predicted molar refractivity (Wildman–Crippen MR) is 143 cm³/mol. The minimum atomic E-state index is -5.07. The topological polar surface area (TPSA) is 91.0 Å². The van der Waals surface area contributed by atoms with Gasteiger partial charge in [-0.15, -0.1) is 0 Å². The zero-order chi connectivity index (χ0) is 29.1. The number of halogens is 4. The van der Waals surface area contributed by atoms with Crippen LogP contribution < -0.4 is 5.56 Å². The molecule has 2 amide bonds. The molecule has 3 heterocycles. The quantitative estimate of drug-likeness (QED) is 0.217. The van der Waals surface area contributed by atoms with Gasteiger partial charge in [-0.1, -0.05) is 48.5 Å². The van der Waals surface area contributed by atoms with Gasteiger partial charge in [0.25, 0.3) is 17.4 Å². The SMILES string of the molecule is Cc1[nH]c2ccccc2c1C1=C(c2c(C(F)(F)F)[nH]n(-c3ccccc3)c2=O)C(=O)N(Cc2ccc(F)cc2)C1=O. The van der Waals surface area contributed by atoms with Crippen LogP contribution in [0.15, 0.2) is 83.7 Å². The number of carbonyl (C=O) groups is 2. The molecule has 1 aliphatic heterocycles. The lowest BCUT2D eigenvalue weighted by atomic mass is 9.94. The highest BCUT2D eigenvalue weighted by atomic mass is 19.4. The van der Waals surface area contributed by atoms with Crippen molar-refractivity contribution in [3.63, 3.8) is 0 Å². The highest BCUT2D eigenvalue weighted by molar-refractivity contribution is 6.50. The van der Waals surface area contributed by atoms with Gasteiger partial charge in [0.2, 0.25) is 0 Å². The predicted octanol–water partition coefficient (Wildman–Crippen LogP) is 5.59. The number of H-pyrrole nitrogens is 2. The van der Waals surface area contributed by atoms with Gasteiger partial charge in [0.1, 0.15) is 5.82 Å². The summed E-state index contributed by atoms with van der Waals surface area (Å²) in [7, 11) is 0. The molecule has 0 spiro atoms. The van der Waals surface area contributed by atoms with Crippen LogP contribution in [0.4, 0.5) is 17.6 Å². The number of hydrogen-bond donors (Lipinski definition) is 2. The summed E-state index contributed by atoms with van der Waals surface area (Å²) >= 11 is 0. The molecule has 2 aromatic heterocycles. The minimum absolute atomic E-state index is 0.111. The van der Waals surface area contributed by atoms with Crippen LogP contribution in [0.25, 0.3) is 27.7 Å². The first kappa shape index (κ1) is 26.1. The standard InChI is InChI=1S/C30H20F4N4O3/c1-16-22(20-9-5-6-10-21(20)35-16)23-24(28(40)37(27(23)39)15-17-11-13-18(31)14-12-17)25-26(30(32,33)34)36-38(29(25)41)19-7-3-2-4-8-19/h2-14,35-36H,15H2,1H3. The molecule has 0 saturated heterocycles. The van der Waals surface area contributed by atoms with E-state index in [1.165, 1.54) is 24.3 Å². The number of rotatable bonds is 5. The Labute approximate surface area is 229 Å². The van der Waals surface area contributed by atoms with Crippen molar-refractivity contribution in [2.45, 2.75) is 19.6 Å². The molecule has 0 fully saturated rings. The number of hydrogen-bond acceptors (Lipinski definition) is 3. The van der Waals surface area contributed by atoms with Gasteiger partial charge in [-0.2, -0.15) is 13.2 Å². The third kappa shape index (κ3) is 4.26. The van der Waals surface area contributed by atoms with Crippen LogP contribution in [0, 0.1) is 12.7 Å². The third-order valence-corrected chi connectivity index (χ3v) is 7.00. The molecule has 2 N–H and O–H groups in total. The Morgan fingerprint density at radius 2 is 1.39 bits per heavy atom. The van der Waals surface area contributed by atoms with E-state index in [0.29, 0.717) is 26.8 Å². The second-order valence-electron chi connectivity index (χ2n) is 9.58. The van der Waals surface area contributed by atoms with Crippen LogP contribution >= 0.6 is 0 Å². The largest absolute Gasteiger partial charge is 0.433 e. The molecule has 11 heteroatoms. The molecule has 0 unspecified atom stereocenters. The molecular formula is C30H20F4N4O3. The summed E-state index contributed by atoms with van der Waals surface area (Å²) in [5, 5.41) is 2.62. The maximum atomic E-state index is 14.5. The summed E-state index contributed by atoms with van der Waals surface area (Å²) in [4.78, 5) is 45.5. The van der Waals surface area contributed by atoms with Gasteiger partial charge in [0.15, 0.2) is 5.69 Å². The van der Waals surface area contributed by atoms with Crippen LogP contribution in [-0.4, -0.2) is 31.5 Å². The van der Waals surface area contributed by atoms with E-state index >= 15 is 0 Å². The maximum absolute atomic E-state index is 14.5. The Morgan fingerprint density at radius 3 is 2.05 bits per heavy atom. The smallest absolute Gasteiger partial charge is 0.358 e. The van der Waals surface area contributed by atoms with E-state index in [4.69, 9.17) is 0 Å². The van der Waals surface area contributed by atoms with Crippen LogP contribution in [0.1, 0.15) is 28.1 Å². The molecule has 3 aromatic carbocycles. The number of aryl methyl sites for hydroxylation is 1. The lowest BCUT2D eigenvalue weighted by molar-refractivity contribution is -0.141. The van der Waals surface area contributed by atoms with E-state index in [2.05, 4.69) is 10.1 Å². The maximum Gasteiger partial charge on any atom is 0.433 e. The number of imide groups is 1. The van der Waals surface area contributed by atoms with Gasteiger partial charge in [0, 0.05) is 22.2 Å². The molecular weight excluding hydrogens is 540 g/mol. The Kier molecular flexibility index (Phi) is 6.02. The second kappa shape index (κ2) is 9.47. The molecule has 41 heavy (non-hydrogen) atoms. The Bertz CT molecular complexity index is 1930.